The van der Waals surface area contributed by atoms with Gasteiger partial charge in [-0.25, -0.2) is 0 Å². The summed E-state index contributed by atoms with van der Waals surface area (Å²) in [6, 6.07) is 7.91. The lowest BCUT2D eigenvalue weighted by atomic mass is 9.80. The highest BCUT2D eigenvalue weighted by Crippen LogP contribution is 2.44. The van der Waals surface area contributed by atoms with Crippen molar-refractivity contribution in [1.82, 2.24) is 0 Å². The van der Waals surface area contributed by atoms with Gasteiger partial charge in [0.25, 0.3) is 0 Å². The Hall–Kier alpha value is -0.750. The zero-order chi connectivity index (χ0) is 15.2. The number of ether oxygens (including phenoxy) is 2. The van der Waals surface area contributed by atoms with E-state index in [1.165, 1.54) is 0 Å². The van der Waals surface area contributed by atoms with Gasteiger partial charge in [-0.05, 0) is 31.2 Å². The average molecular weight is 322 g/mol. The molecule has 2 bridgehead atoms. The Labute approximate surface area is 133 Å². The highest BCUT2D eigenvalue weighted by molar-refractivity contribution is 7.86. The van der Waals surface area contributed by atoms with Crippen LogP contribution in [0, 0.1) is 0 Å². The molecule has 0 amide bonds. The van der Waals surface area contributed by atoms with Gasteiger partial charge in [0.1, 0.15) is 0 Å². The summed E-state index contributed by atoms with van der Waals surface area (Å²) in [7, 11) is -0.763. The summed E-state index contributed by atoms with van der Waals surface area (Å²) in [5, 5.41) is 11.4. The molecule has 0 saturated carbocycles. The van der Waals surface area contributed by atoms with Crippen molar-refractivity contribution >= 4 is 10.8 Å². The lowest BCUT2D eigenvalue weighted by molar-refractivity contribution is -0.0442. The SMILES string of the molecule is O=S1C2CCCC1CC(O)(c1ccc(C3OCCO3)cc1)C2. The van der Waals surface area contributed by atoms with Crippen LogP contribution in [0.3, 0.4) is 0 Å². The van der Waals surface area contributed by atoms with Crippen LogP contribution in [0.25, 0.3) is 0 Å². The zero-order valence-corrected chi connectivity index (χ0v) is 13.4. The number of aliphatic hydroxyl groups is 1. The van der Waals surface area contributed by atoms with E-state index in [0.717, 1.165) is 30.4 Å². The van der Waals surface area contributed by atoms with Crippen molar-refractivity contribution in [2.45, 2.75) is 54.5 Å². The standard InChI is InChI=1S/C17H22O4S/c18-17(10-14-2-1-3-15(11-17)22(14)19)13-6-4-12(5-7-13)16-20-8-9-21-16/h4-7,14-16,18H,1-3,8-11H2. The van der Waals surface area contributed by atoms with Crippen LogP contribution in [0.5, 0.6) is 0 Å². The lowest BCUT2D eigenvalue weighted by Gasteiger charge is -2.43. The second kappa shape index (κ2) is 5.71. The molecule has 1 aromatic rings. The number of fused-ring (bicyclic) bond motifs is 2. The maximum Gasteiger partial charge on any atom is 0.184 e. The van der Waals surface area contributed by atoms with E-state index in [9.17, 15) is 9.32 Å². The van der Waals surface area contributed by atoms with E-state index in [1.807, 2.05) is 24.3 Å². The molecule has 4 nitrogen and oxygen atoms in total. The molecular formula is C17H22O4S. The Morgan fingerprint density at radius 2 is 1.64 bits per heavy atom. The summed E-state index contributed by atoms with van der Waals surface area (Å²) in [5.41, 5.74) is 1.09. The smallest absolute Gasteiger partial charge is 0.184 e. The van der Waals surface area contributed by atoms with Gasteiger partial charge in [-0.15, -0.1) is 0 Å². The number of hydrogen-bond acceptors (Lipinski definition) is 4. The van der Waals surface area contributed by atoms with Crippen molar-refractivity contribution in [3.63, 3.8) is 0 Å². The molecule has 3 heterocycles. The van der Waals surface area contributed by atoms with E-state index >= 15 is 0 Å². The molecule has 0 aliphatic carbocycles. The minimum Gasteiger partial charge on any atom is -0.385 e. The Morgan fingerprint density at radius 3 is 2.23 bits per heavy atom. The molecule has 3 aliphatic rings. The normalized spacial score (nSPS) is 39.0. The largest absolute Gasteiger partial charge is 0.385 e. The van der Waals surface area contributed by atoms with Crippen molar-refractivity contribution in [3.8, 4) is 0 Å². The zero-order valence-electron chi connectivity index (χ0n) is 12.6. The van der Waals surface area contributed by atoms with Crippen LogP contribution >= 0.6 is 0 Å². The van der Waals surface area contributed by atoms with E-state index in [4.69, 9.17) is 9.47 Å². The van der Waals surface area contributed by atoms with Gasteiger partial charge in [-0.2, -0.15) is 0 Å². The minimum absolute atomic E-state index is 0.152. The molecule has 3 aliphatic heterocycles. The van der Waals surface area contributed by atoms with Crippen LogP contribution in [-0.4, -0.2) is 33.0 Å². The molecule has 4 rings (SSSR count). The van der Waals surface area contributed by atoms with Crippen molar-refractivity contribution in [1.29, 1.82) is 0 Å². The first kappa shape index (κ1) is 14.8. The molecule has 3 fully saturated rings. The molecular weight excluding hydrogens is 300 g/mol. The van der Waals surface area contributed by atoms with Gasteiger partial charge in [0, 0.05) is 26.9 Å². The Morgan fingerprint density at radius 1 is 1.05 bits per heavy atom. The first-order chi connectivity index (χ1) is 10.7. The van der Waals surface area contributed by atoms with Crippen LogP contribution in [0.2, 0.25) is 0 Å². The van der Waals surface area contributed by atoms with Crippen molar-refractivity contribution in [2.75, 3.05) is 13.2 Å². The van der Waals surface area contributed by atoms with Crippen LogP contribution in [0.4, 0.5) is 0 Å². The third-order valence-corrected chi connectivity index (χ3v) is 7.30. The van der Waals surface area contributed by atoms with Gasteiger partial charge in [-0.1, -0.05) is 30.7 Å². The molecule has 120 valence electrons. The Bertz CT molecular complexity index is 549. The van der Waals surface area contributed by atoms with E-state index < -0.39 is 16.4 Å². The summed E-state index contributed by atoms with van der Waals surface area (Å²) in [4.78, 5) is 0. The van der Waals surface area contributed by atoms with Crippen LogP contribution in [-0.2, 0) is 25.9 Å². The molecule has 2 unspecified atom stereocenters. The first-order valence-electron chi connectivity index (χ1n) is 8.11. The van der Waals surface area contributed by atoms with Gasteiger partial charge in [0.15, 0.2) is 6.29 Å². The highest BCUT2D eigenvalue weighted by atomic mass is 32.2. The minimum atomic E-state index is -0.834. The molecule has 5 heteroatoms. The maximum atomic E-state index is 12.3. The van der Waals surface area contributed by atoms with Gasteiger partial charge in [0.05, 0.1) is 18.8 Å². The van der Waals surface area contributed by atoms with Crippen molar-refractivity contribution in [2.24, 2.45) is 0 Å². The molecule has 1 N–H and O–H groups in total. The topological polar surface area (TPSA) is 55.8 Å². The summed E-state index contributed by atoms with van der Waals surface area (Å²) >= 11 is 0. The monoisotopic (exact) mass is 322 g/mol. The lowest BCUT2D eigenvalue weighted by Crippen LogP contribution is -2.47. The number of benzene rings is 1. The fourth-order valence-electron chi connectivity index (χ4n) is 4.02. The Balaban J connectivity index is 1.56. The Kier molecular flexibility index (Phi) is 3.85. The van der Waals surface area contributed by atoms with Crippen LogP contribution < -0.4 is 0 Å². The second-order valence-electron chi connectivity index (χ2n) is 6.64. The van der Waals surface area contributed by atoms with E-state index in [1.54, 1.807) is 0 Å². The van der Waals surface area contributed by atoms with Gasteiger partial charge >= 0.3 is 0 Å². The fourth-order valence-corrected chi connectivity index (χ4v) is 6.24. The molecule has 0 spiro atoms. The van der Waals surface area contributed by atoms with Gasteiger partial charge < -0.3 is 14.6 Å². The van der Waals surface area contributed by atoms with E-state index in [2.05, 4.69) is 0 Å². The molecule has 0 radical (unpaired) electrons. The number of rotatable bonds is 2. The third-order valence-electron chi connectivity index (χ3n) is 5.18. The van der Waals surface area contributed by atoms with Gasteiger partial charge in [-0.3, -0.25) is 4.21 Å². The summed E-state index contributed by atoms with van der Waals surface area (Å²) in [6.45, 7) is 1.26. The first-order valence-corrected chi connectivity index (χ1v) is 9.39. The molecule has 22 heavy (non-hydrogen) atoms. The van der Waals surface area contributed by atoms with Crippen LogP contribution in [0.15, 0.2) is 24.3 Å². The number of hydrogen-bond donors (Lipinski definition) is 1. The molecule has 3 saturated heterocycles. The third kappa shape index (κ3) is 2.54. The van der Waals surface area contributed by atoms with Crippen molar-refractivity contribution < 1.29 is 18.8 Å². The maximum absolute atomic E-state index is 12.3. The fraction of sp³-hybridized carbons (Fsp3) is 0.647. The average Bonchev–Trinajstić information content (AvgIpc) is 3.04. The second-order valence-corrected chi connectivity index (χ2v) is 8.63. The quantitative estimate of drug-likeness (QED) is 0.908. The summed E-state index contributed by atoms with van der Waals surface area (Å²) in [5.74, 6) is 0. The van der Waals surface area contributed by atoms with Crippen LogP contribution in [0.1, 0.15) is 49.5 Å². The molecule has 0 aromatic heterocycles. The molecule has 1 aromatic carbocycles. The predicted molar refractivity (Wildman–Crippen MR) is 83.8 cm³/mol. The highest BCUT2D eigenvalue weighted by Gasteiger charge is 2.46. The predicted octanol–water partition coefficient (Wildman–Crippen LogP) is 2.38. The summed E-state index contributed by atoms with van der Waals surface area (Å²) in [6.07, 6.45) is 4.06. The van der Waals surface area contributed by atoms with Gasteiger partial charge in [0.2, 0.25) is 0 Å². The summed E-state index contributed by atoms with van der Waals surface area (Å²) < 4.78 is 23.3. The van der Waals surface area contributed by atoms with E-state index in [-0.39, 0.29) is 16.8 Å². The van der Waals surface area contributed by atoms with E-state index in [0.29, 0.717) is 26.1 Å². The van der Waals surface area contributed by atoms with Crippen molar-refractivity contribution in [3.05, 3.63) is 35.4 Å². The molecule has 2 atom stereocenters.